The van der Waals surface area contributed by atoms with Crippen LogP contribution in [0.4, 0.5) is 5.95 Å². The first kappa shape index (κ1) is 11.5. The largest absolute Gasteiger partial charge is 0.375 e. The molecular weight excluding hydrogens is 202 g/mol. The van der Waals surface area contributed by atoms with Crippen LogP contribution < -0.4 is 5.32 Å². The Labute approximate surface area is 97.0 Å². The fourth-order valence-corrected chi connectivity index (χ4v) is 2.42. The van der Waals surface area contributed by atoms with E-state index in [9.17, 15) is 0 Å². The van der Waals surface area contributed by atoms with E-state index in [0.717, 1.165) is 31.1 Å². The first-order chi connectivity index (χ1) is 7.52. The second kappa shape index (κ2) is 4.09. The second-order valence-corrected chi connectivity index (χ2v) is 5.12. The highest BCUT2D eigenvalue weighted by Crippen LogP contribution is 2.33. The van der Waals surface area contributed by atoms with Crippen molar-refractivity contribution in [1.29, 1.82) is 0 Å². The molecule has 16 heavy (non-hydrogen) atoms. The van der Waals surface area contributed by atoms with Gasteiger partial charge < -0.3 is 14.6 Å². The predicted molar refractivity (Wildman–Crippen MR) is 64.8 cm³/mol. The van der Waals surface area contributed by atoms with Crippen LogP contribution in [0.25, 0.3) is 0 Å². The van der Waals surface area contributed by atoms with Gasteiger partial charge in [-0.1, -0.05) is 0 Å². The average molecular weight is 223 g/mol. The van der Waals surface area contributed by atoms with E-state index >= 15 is 0 Å². The molecule has 90 valence electrons. The Morgan fingerprint density at radius 2 is 2.31 bits per heavy atom. The number of aryl methyl sites for hydroxylation is 1. The molecule has 2 heterocycles. The molecule has 1 aromatic heterocycles. The van der Waals surface area contributed by atoms with Crippen LogP contribution in [-0.4, -0.2) is 28.8 Å². The van der Waals surface area contributed by atoms with E-state index in [0.29, 0.717) is 6.04 Å². The lowest BCUT2D eigenvalue weighted by molar-refractivity contribution is -0.0688. The van der Waals surface area contributed by atoms with Crippen LogP contribution >= 0.6 is 0 Å². The van der Waals surface area contributed by atoms with Crippen molar-refractivity contribution < 1.29 is 4.74 Å². The molecule has 0 aromatic carbocycles. The smallest absolute Gasteiger partial charge is 0.203 e. The van der Waals surface area contributed by atoms with E-state index in [-0.39, 0.29) is 5.60 Å². The molecule has 4 heteroatoms. The fourth-order valence-electron chi connectivity index (χ4n) is 2.42. The molecule has 0 spiro atoms. The average Bonchev–Trinajstić information content (AvgIpc) is 2.58. The van der Waals surface area contributed by atoms with Gasteiger partial charge in [-0.05, 0) is 33.6 Å². The first-order valence-electron chi connectivity index (χ1n) is 5.89. The molecular formula is C12H21N3O. The summed E-state index contributed by atoms with van der Waals surface area (Å²) in [5, 5.41) is 3.15. The lowest BCUT2D eigenvalue weighted by atomic mass is 9.94. The van der Waals surface area contributed by atoms with Crippen molar-refractivity contribution in [3.8, 4) is 0 Å². The topological polar surface area (TPSA) is 39.1 Å². The Morgan fingerprint density at radius 1 is 1.56 bits per heavy atom. The van der Waals surface area contributed by atoms with E-state index in [4.69, 9.17) is 4.74 Å². The van der Waals surface area contributed by atoms with Gasteiger partial charge in [-0.25, -0.2) is 4.98 Å². The van der Waals surface area contributed by atoms with Crippen LogP contribution in [0.1, 0.15) is 38.4 Å². The Balaban J connectivity index is 2.22. The van der Waals surface area contributed by atoms with Gasteiger partial charge in [0.1, 0.15) is 0 Å². The van der Waals surface area contributed by atoms with Crippen molar-refractivity contribution >= 4 is 5.95 Å². The van der Waals surface area contributed by atoms with Crippen molar-refractivity contribution in [2.75, 3.05) is 19.0 Å². The summed E-state index contributed by atoms with van der Waals surface area (Å²) in [6.07, 6.45) is 4.23. The summed E-state index contributed by atoms with van der Waals surface area (Å²) in [7, 11) is 1.92. The maximum Gasteiger partial charge on any atom is 0.203 e. The SMILES string of the molecule is CNc1nc(C)cn1C1CCOC(C)(C)C1. The van der Waals surface area contributed by atoms with Crippen molar-refractivity contribution in [2.45, 2.75) is 45.3 Å². The summed E-state index contributed by atoms with van der Waals surface area (Å²) < 4.78 is 7.99. The van der Waals surface area contributed by atoms with Gasteiger partial charge in [0, 0.05) is 25.9 Å². The van der Waals surface area contributed by atoms with E-state index in [1.165, 1.54) is 0 Å². The van der Waals surface area contributed by atoms with Gasteiger partial charge in [-0.3, -0.25) is 0 Å². The molecule has 1 saturated heterocycles. The third-order valence-electron chi connectivity index (χ3n) is 3.14. The van der Waals surface area contributed by atoms with Crippen LogP contribution in [0.5, 0.6) is 0 Å². The zero-order chi connectivity index (χ0) is 11.8. The van der Waals surface area contributed by atoms with Crippen LogP contribution in [0, 0.1) is 6.92 Å². The molecule has 0 radical (unpaired) electrons. The molecule has 0 saturated carbocycles. The van der Waals surface area contributed by atoms with Crippen molar-refractivity contribution in [3.05, 3.63) is 11.9 Å². The molecule has 0 amide bonds. The number of nitrogens with zero attached hydrogens (tertiary/aromatic N) is 2. The Morgan fingerprint density at radius 3 is 2.94 bits per heavy atom. The monoisotopic (exact) mass is 223 g/mol. The minimum Gasteiger partial charge on any atom is -0.375 e. The molecule has 1 aromatic rings. The van der Waals surface area contributed by atoms with Crippen LogP contribution in [0.15, 0.2) is 6.20 Å². The molecule has 1 unspecified atom stereocenters. The van der Waals surface area contributed by atoms with Gasteiger partial charge >= 0.3 is 0 Å². The molecule has 1 fully saturated rings. The number of rotatable bonds is 2. The first-order valence-corrected chi connectivity index (χ1v) is 5.89. The van der Waals surface area contributed by atoms with Crippen LogP contribution in [0.2, 0.25) is 0 Å². The third kappa shape index (κ3) is 2.21. The Hall–Kier alpha value is -1.03. The number of imidazole rings is 1. The standard InChI is InChI=1S/C12H21N3O/c1-9-8-15(11(13-4)14-9)10-5-6-16-12(2,3)7-10/h8,10H,5-7H2,1-4H3,(H,13,14). The summed E-state index contributed by atoms with van der Waals surface area (Å²) in [4.78, 5) is 4.46. The molecule has 1 aliphatic rings. The number of ether oxygens (including phenoxy) is 1. The summed E-state index contributed by atoms with van der Waals surface area (Å²) in [5.74, 6) is 0.959. The molecule has 1 N–H and O–H groups in total. The van der Waals surface area contributed by atoms with Crippen LogP contribution in [0.3, 0.4) is 0 Å². The van der Waals surface area contributed by atoms with Gasteiger partial charge in [0.2, 0.25) is 5.95 Å². The molecule has 2 rings (SSSR count). The number of nitrogens with one attached hydrogen (secondary N) is 1. The minimum absolute atomic E-state index is 0.0217. The summed E-state index contributed by atoms with van der Waals surface area (Å²) in [6.45, 7) is 7.17. The highest BCUT2D eigenvalue weighted by molar-refractivity contribution is 5.28. The normalized spacial score (nSPS) is 24.4. The van der Waals surface area contributed by atoms with E-state index < -0.39 is 0 Å². The molecule has 0 bridgehead atoms. The predicted octanol–water partition coefficient (Wildman–Crippen LogP) is 2.36. The molecule has 0 aliphatic carbocycles. The highest BCUT2D eigenvalue weighted by atomic mass is 16.5. The van der Waals surface area contributed by atoms with Gasteiger partial charge in [0.15, 0.2) is 0 Å². The third-order valence-corrected chi connectivity index (χ3v) is 3.14. The number of anilines is 1. The van der Waals surface area contributed by atoms with E-state index in [2.05, 4.69) is 34.9 Å². The van der Waals surface area contributed by atoms with Gasteiger partial charge in [0.25, 0.3) is 0 Å². The van der Waals surface area contributed by atoms with Gasteiger partial charge in [-0.2, -0.15) is 0 Å². The van der Waals surface area contributed by atoms with Crippen molar-refractivity contribution in [2.24, 2.45) is 0 Å². The summed E-state index contributed by atoms with van der Waals surface area (Å²) >= 11 is 0. The molecule has 1 atom stereocenters. The van der Waals surface area contributed by atoms with Crippen LogP contribution in [-0.2, 0) is 4.74 Å². The zero-order valence-electron chi connectivity index (χ0n) is 10.6. The van der Waals surface area contributed by atoms with Gasteiger partial charge in [-0.15, -0.1) is 0 Å². The summed E-state index contributed by atoms with van der Waals surface area (Å²) in [5.41, 5.74) is 1.04. The number of hydrogen-bond acceptors (Lipinski definition) is 3. The number of aromatic nitrogens is 2. The Bertz CT molecular complexity index is 370. The van der Waals surface area contributed by atoms with Crippen molar-refractivity contribution in [3.63, 3.8) is 0 Å². The molecule has 1 aliphatic heterocycles. The highest BCUT2D eigenvalue weighted by Gasteiger charge is 2.30. The van der Waals surface area contributed by atoms with Gasteiger partial charge in [0.05, 0.1) is 11.3 Å². The maximum atomic E-state index is 5.74. The lowest BCUT2D eigenvalue weighted by Crippen LogP contribution is -2.35. The second-order valence-electron chi connectivity index (χ2n) is 5.12. The lowest BCUT2D eigenvalue weighted by Gasteiger charge is -2.36. The number of hydrogen-bond donors (Lipinski definition) is 1. The molecule has 4 nitrogen and oxygen atoms in total. The van der Waals surface area contributed by atoms with Crippen molar-refractivity contribution in [1.82, 2.24) is 9.55 Å². The Kier molecular flexibility index (Phi) is 2.93. The minimum atomic E-state index is -0.0217. The maximum absolute atomic E-state index is 5.74. The van der Waals surface area contributed by atoms with E-state index in [1.807, 2.05) is 14.0 Å². The van der Waals surface area contributed by atoms with E-state index in [1.54, 1.807) is 0 Å². The summed E-state index contributed by atoms with van der Waals surface area (Å²) in [6, 6.07) is 0.493. The zero-order valence-corrected chi connectivity index (χ0v) is 10.6. The quantitative estimate of drug-likeness (QED) is 0.836. The fraction of sp³-hybridized carbons (Fsp3) is 0.750.